The fraction of sp³-hybridized carbons (Fsp3) is 0.545. The Bertz CT molecular complexity index is 439. The molecule has 3 N–H and O–H groups in total. The van der Waals surface area contributed by atoms with Crippen LogP contribution in [-0.2, 0) is 20.9 Å². The summed E-state index contributed by atoms with van der Waals surface area (Å²) in [6.07, 6.45) is 5.29. The standard InChI is InChI=1S/C11H16N4O3/c12-8-5-13-15(6-8)7-11(17)18-4-3-10(16)14-9-1-2-9/h5-6,9H,1-4,7,12H2,(H,14,16). The van der Waals surface area contributed by atoms with Crippen molar-refractivity contribution in [1.82, 2.24) is 15.1 Å². The van der Waals surface area contributed by atoms with Gasteiger partial charge in [0.05, 0.1) is 18.3 Å². The predicted molar refractivity (Wildman–Crippen MR) is 63.4 cm³/mol. The largest absolute Gasteiger partial charge is 0.464 e. The zero-order valence-electron chi connectivity index (χ0n) is 9.96. The highest BCUT2D eigenvalue weighted by Gasteiger charge is 2.22. The van der Waals surface area contributed by atoms with Crippen LogP contribution in [0.1, 0.15) is 19.3 Å². The van der Waals surface area contributed by atoms with Crippen LogP contribution in [0.4, 0.5) is 5.69 Å². The average molecular weight is 252 g/mol. The Kier molecular flexibility index (Phi) is 3.81. The molecule has 1 aliphatic carbocycles. The molecule has 0 saturated heterocycles. The Hall–Kier alpha value is -2.05. The normalized spacial score (nSPS) is 14.2. The highest BCUT2D eigenvalue weighted by Crippen LogP contribution is 2.18. The van der Waals surface area contributed by atoms with E-state index in [1.165, 1.54) is 10.9 Å². The molecule has 1 saturated carbocycles. The van der Waals surface area contributed by atoms with E-state index in [1.54, 1.807) is 6.20 Å². The number of ether oxygens (including phenoxy) is 1. The van der Waals surface area contributed by atoms with Gasteiger partial charge in [-0.2, -0.15) is 5.10 Å². The number of nitrogens with zero attached hydrogens (tertiary/aromatic N) is 2. The van der Waals surface area contributed by atoms with Gasteiger partial charge in [0.15, 0.2) is 0 Å². The van der Waals surface area contributed by atoms with Gasteiger partial charge in [-0.1, -0.05) is 0 Å². The van der Waals surface area contributed by atoms with Crippen molar-refractivity contribution in [1.29, 1.82) is 0 Å². The van der Waals surface area contributed by atoms with E-state index in [0.29, 0.717) is 11.7 Å². The fourth-order valence-electron chi connectivity index (χ4n) is 1.43. The third kappa shape index (κ3) is 4.08. The number of amides is 1. The van der Waals surface area contributed by atoms with E-state index >= 15 is 0 Å². The van der Waals surface area contributed by atoms with Crippen molar-refractivity contribution in [2.45, 2.75) is 31.8 Å². The molecule has 1 amide bonds. The minimum Gasteiger partial charge on any atom is -0.464 e. The Balaban J connectivity index is 1.60. The zero-order chi connectivity index (χ0) is 13.0. The molecule has 0 aliphatic heterocycles. The maximum absolute atomic E-state index is 11.4. The molecule has 1 aromatic rings. The van der Waals surface area contributed by atoms with Gasteiger partial charge in [-0.25, -0.2) is 0 Å². The topological polar surface area (TPSA) is 99.2 Å². The average Bonchev–Trinajstić information content (AvgIpc) is 3.01. The van der Waals surface area contributed by atoms with Gasteiger partial charge < -0.3 is 15.8 Å². The van der Waals surface area contributed by atoms with Gasteiger partial charge in [-0.05, 0) is 12.8 Å². The molecule has 0 radical (unpaired) electrons. The number of hydrogen-bond acceptors (Lipinski definition) is 5. The molecule has 0 atom stereocenters. The molecule has 0 spiro atoms. The smallest absolute Gasteiger partial charge is 0.327 e. The lowest BCUT2D eigenvalue weighted by atomic mass is 10.4. The maximum atomic E-state index is 11.4. The van der Waals surface area contributed by atoms with Crippen LogP contribution in [0.3, 0.4) is 0 Å². The number of carbonyl (C=O) groups is 2. The molecule has 98 valence electrons. The lowest BCUT2D eigenvalue weighted by Gasteiger charge is -2.05. The van der Waals surface area contributed by atoms with Crippen LogP contribution in [0.15, 0.2) is 12.4 Å². The first kappa shape index (κ1) is 12.4. The number of aromatic nitrogens is 2. The van der Waals surface area contributed by atoms with E-state index < -0.39 is 5.97 Å². The molecule has 1 aliphatic rings. The second-order valence-electron chi connectivity index (χ2n) is 4.28. The summed E-state index contributed by atoms with van der Waals surface area (Å²) < 4.78 is 6.32. The van der Waals surface area contributed by atoms with Crippen LogP contribution in [0.25, 0.3) is 0 Å². The van der Waals surface area contributed by atoms with E-state index in [1.807, 2.05) is 0 Å². The third-order valence-electron chi connectivity index (χ3n) is 2.48. The van der Waals surface area contributed by atoms with Crippen molar-refractivity contribution >= 4 is 17.6 Å². The molecule has 1 heterocycles. The van der Waals surface area contributed by atoms with Crippen LogP contribution in [0, 0.1) is 0 Å². The molecule has 18 heavy (non-hydrogen) atoms. The van der Waals surface area contributed by atoms with Crippen molar-refractivity contribution in [3.05, 3.63) is 12.4 Å². The summed E-state index contributed by atoms with van der Waals surface area (Å²) in [5, 5.41) is 6.67. The number of hydrogen-bond donors (Lipinski definition) is 2. The van der Waals surface area contributed by atoms with E-state index in [9.17, 15) is 9.59 Å². The minimum absolute atomic E-state index is 0.00143. The molecule has 1 fully saturated rings. The first-order valence-electron chi connectivity index (χ1n) is 5.86. The molecule has 7 nitrogen and oxygen atoms in total. The molecule has 7 heteroatoms. The van der Waals surface area contributed by atoms with E-state index in [0.717, 1.165) is 12.8 Å². The second kappa shape index (κ2) is 5.52. The molecule has 0 unspecified atom stereocenters. The summed E-state index contributed by atoms with van der Waals surface area (Å²) in [5.41, 5.74) is 5.95. The number of nitrogen functional groups attached to an aromatic ring is 1. The Morgan fingerprint density at radius 2 is 2.33 bits per heavy atom. The number of rotatable bonds is 6. The van der Waals surface area contributed by atoms with Crippen LogP contribution in [0.2, 0.25) is 0 Å². The van der Waals surface area contributed by atoms with E-state index in [-0.39, 0.29) is 25.5 Å². The molecule has 2 rings (SSSR count). The van der Waals surface area contributed by atoms with Crippen LogP contribution < -0.4 is 11.1 Å². The fourth-order valence-corrected chi connectivity index (χ4v) is 1.43. The first-order chi connectivity index (χ1) is 8.63. The number of carbonyl (C=O) groups excluding carboxylic acids is 2. The predicted octanol–water partition coefficient (Wildman–Crippen LogP) is -0.323. The van der Waals surface area contributed by atoms with Gasteiger partial charge in [0.25, 0.3) is 0 Å². The molecular formula is C11H16N4O3. The molecule has 0 aromatic carbocycles. The van der Waals surface area contributed by atoms with Crippen LogP contribution >= 0.6 is 0 Å². The summed E-state index contributed by atoms with van der Waals surface area (Å²) in [6.45, 7) is 0.0928. The zero-order valence-corrected chi connectivity index (χ0v) is 9.96. The van der Waals surface area contributed by atoms with Crippen molar-refractivity contribution in [2.75, 3.05) is 12.3 Å². The lowest BCUT2D eigenvalue weighted by molar-refractivity contribution is -0.145. The van der Waals surface area contributed by atoms with Gasteiger partial charge in [-0.3, -0.25) is 14.3 Å². The second-order valence-corrected chi connectivity index (χ2v) is 4.28. The number of nitrogens with one attached hydrogen (secondary N) is 1. The Morgan fingerprint density at radius 3 is 2.94 bits per heavy atom. The number of anilines is 1. The Morgan fingerprint density at radius 1 is 1.56 bits per heavy atom. The molecule has 1 aromatic heterocycles. The van der Waals surface area contributed by atoms with Crippen molar-refractivity contribution in [3.8, 4) is 0 Å². The van der Waals surface area contributed by atoms with Crippen molar-refractivity contribution in [3.63, 3.8) is 0 Å². The van der Waals surface area contributed by atoms with E-state index in [4.69, 9.17) is 10.5 Å². The summed E-state index contributed by atoms with van der Waals surface area (Å²) in [6, 6.07) is 0.334. The van der Waals surface area contributed by atoms with Gasteiger partial charge in [0.2, 0.25) is 5.91 Å². The molecular weight excluding hydrogens is 236 g/mol. The van der Waals surface area contributed by atoms with Crippen molar-refractivity contribution < 1.29 is 14.3 Å². The van der Waals surface area contributed by atoms with Gasteiger partial charge in [-0.15, -0.1) is 0 Å². The van der Waals surface area contributed by atoms with Crippen LogP contribution in [-0.4, -0.2) is 34.3 Å². The monoisotopic (exact) mass is 252 g/mol. The summed E-state index contributed by atoms with van der Waals surface area (Å²) in [5.74, 6) is -0.508. The SMILES string of the molecule is Nc1cnn(CC(=O)OCCC(=O)NC2CC2)c1. The third-order valence-corrected chi connectivity index (χ3v) is 2.48. The van der Waals surface area contributed by atoms with Gasteiger partial charge in [0.1, 0.15) is 13.2 Å². The van der Waals surface area contributed by atoms with E-state index in [2.05, 4.69) is 10.4 Å². The number of esters is 1. The molecule has 0 bridgehead atoms. The van der Waals surface area contributed by atoms with Gasteiger partial charge in [0, 0.05) is 12.2 Å². The summed E-state index contributed by atoms with van der Waals surface area (Å²) in [7, 11) is 0. The van der Waals surface area contributed by atoms with Gasteiger partial charge >= 0.3 is 5.97 Å². The highest BCUT2D eigenvalue weighted by molar-refractivity contribution is 5.77. The highest BCUT2D eigenvalue weighted by atomic mass is 16.5. The lowest BCUT2D eigenvalue weighted by Crippen LogP contribution is -2.27. The summed E-state index contributed by atoms with van der Waals surface area (Å²) >= 11 is 0. The number of nitrogens with two attached hydrogens (primary N) is 1. The first-order valence-corrected chi connectivity index (χ1v) is 5.86. The quantitative estimate of drug-likeness (QED) is 0.676. The van der Waals surface area contributed by atoms with Crippen molar-refractivity contribution in [2.24, 2.45) is 0 Å². The maximum Gasteiger partial charge on any atom is 0.327 e. The minimum atomic E-state index is -0.433. The van der Waals surface area contributed by atoms with Crippen LogP contribution in [0.5, 0.6) is 0 Å². The Labute approximate surface area is 104 Å². The summed E-state index contributed by atoms with van der Waals surface area (Å²) in [4.78, 5) is 22.7.